The Labute approximate surface area is 182 Å². The fourth-order valence-electron chi connectivity index (χ4n) is 4.15. The van der Waals surface area contributed by atoms with E-state index in [4.69, 9.17) is 9.47 Å². The summed E-state index contributed by atoms with van der Waals surface area (Å²) in [5.41, 5.74) is 1.69. The molecule has 1 unspecified atom stereocenters. The van der Waals surface area contributed by atoms with Gasteiger partial charge in [-0.15, -0.1) is 0 Å². The standard InChI is InChI=1S/C24H29N3O4/c1-30-22-10-5-3-8-19(22)27-15-13-26(14-16-27)12-6-11-25-24(29)23-17-20(28)18-7-2-4-9-21(18)31-23/h2-5,7-10,23H,6,11-17H2,1H3,(H,25,29). The molecule has 1 atom stereocenters. The number of carbonyl (C=O) groups excluding carboxylic acids is 2. The number of carbonyl (C=O) groups is 2. The van der Waals surface area contributed by atoms with Gasteiger partial charge in [0.1, 0.15) is 11.5 Å². The summed E-state index contributed by atoms with van der Waals surface area (Å²) < 4.78 is 11.2. The van der Waals surface area contributed by atoms with Crippen molar-refractivity contribution in [3.63, 3.8) is 0 Å². The Hall–Kier alpha value is -3.06. The van der Waals surface area contributed by atoms with Crippen molar-refractivity contribution in [2.24, 2.45) is 0 Å². The van der Waals surface area contributed by atoms with Gasteiger partial charge < -0.3 is 19.7 Å². The Kier molecular flexibility index (Phi) is 6.72. The van der Waals surface area contributed by atoms with Crippen LogP contribution in [-0.2, 0) is 4.79 Å². The molecule has 0 aromatic heterocycles. The molecule has 1 fully saturated rings. The Morgan fingerprint density at radius 3 is 2.65 bits per heavy atom. The number of Topliss-reactive ketones (excluding diaryl/α,β-unsaturated/α-hetero) is 1. The summed E-state index contributed by atoms with van der Waals surface area (Å²) in [6, 6.07) is 15.2. The number of methoxy groups -OCH3 is 1. The van der Waals surface area contributed by atoms with E-state index in [9.17, 15) is 9.59 Å². The van der Waals surface area contributed by atoms with E-state index in [1.807, 2.05) is 18.2 Å². The number of hydrogen-bond donors (Lipinski definition) is 1. The van der Waals surface area contributed by atoms with Crippen LogP contribution in [0.1, 0.15) is 23.2 Å². The van der Waals surface area contributed by atoms with Gasteiger partial charge in [0.25, 0.3) is 5.91 Å². The van der Waals surface area contributed by atoms with Crippen LogP contribution in [0.25, 0.3) is 0 Å². The third-order valence-electron chi connectivity index (χ3n) is 5.87. The van der Waals surface area contributed by atoms with Crippen LogP contribution in [0.15, 0.2) is 48.5 Å². The third kappa shape index (κ3) is 4.99. The smallest absolute Gasteiger partial charge is 0.261 e. The van der Waals surface area contributed by atoms with E-state index in [0.29, 0.717) is 17.9 Å². The second-order valence-electron chi connectivity index (χ2n) is 7.88. The zero-order valence-electron chi connectivity index (χ0n) is 17.9. The molecule has 2 heterocycles. The summed E-state index contributed by atoms with van der Waals surface area (Å²) >= 11 is 0. The van der Waals surface area contributed by atoms with E-state index in [0.717, 1.165) is 50.6 Å². The van der Waals surface area contributed by atoms with E-state index in [-0.39, 0.29) is 18.1 Å². The van der Waals surface area contributed by atoms with E-state index >= 15 is 0 Å². The number of nitrogens with one attached hydrogen (secondary N) is 1. The van der Waals surface area contributed by atoms with Gasteiger partial charge in [0.05, 0.1) is 24.8 Å². The minimum atomic E-state index is -0.744. The number of amides is 1. The molecule has 0 spiro atoms. The molecule has 2 aliphatic heterocycles. The molecule has 0 radical (unpaired) electrons. The number of anilines is 1. The molecule has 2 aromatic carbocycles. The summed E-state index contributed by atoms with van der Waals surface area (Å²) in [5, 5.41) is 2.92. The van der Waals surface area contributed by atoms with Crippen molar-refractivity contribution >= 4 is 17.4 Å². The first-order chi connectivity index (χ1) is 15.2. The maximum Gasteiger partial charge on any atom is 0.261 e. The lowest BCUT2D eigenvalue weighted by atomic mass is 10.0. The maximum absolute atomic E-state index is 12.4. The monoisotopic (exact) mass is 423 g/mol. The molecule has 1 N–H and O–H groups in total. The third-order valence-corrected chi connectivity index (χ3v) is 5.87. The number of ketones is 1. The van der Waals surface area contributed by atoms with Gasteiger partial charge in [0.15, 0.2) is 11.9 Å². The molecule has 2 aliphatic rings. The van der Waals surface area contributed by atoms with Crippen LogP contribution in [0, 0.1) is 0 Å². The zero-order valence-corrected chi connectivity index (χ0v) is 17.9. The van der Waals surface area contributed by atoms with Crippen molar-refractivity contribution in [1.29, 1.82) is 0 Å². The van der Waals surface area contributed by atoms with Crippen LogP contribution in [0.5, 0.6) is 11.5 Å². The molecule has 0 bridgehead atoms. The van der Waals surface area contributed by atoms with Crippen LogP contribution in [-0.4, -0.2) is 69.1 Å². The van der Waals surface area contributed by atoms with E-state index in [1.165, 1.54) is 0 Å². The molecule has 0 aliphatic carbocycles. The topological polar surface area (TPSA) is 71.1 Å². The number of benzene rings is 2. The highest BCUT2D eigenvalue weighted by Gasteiger charge is 2.31. The Morgan fingerprint density at radius 1 is 1.10 bits per heavy atom. The lowest BCUT2D eigenvalue weighted by molar-refractivity contribution is -0.128. The predicted molar refractivity (Wildman–Crippen MR) is 119 cm³/mol. The van der Waals surface area contributed by atoms with Crippen molar-refractivity contribution in [3.8, 4) is 11.5 Å². The summed E-state index contributed by atoms with van der Waals surface area (Å²) in [4.78, 5) is 29.4. The molecule has 0 saturated carbocycles. The van der Waals surface area contributed by atoms with Gasteiger partial charge in [-0.3, -0.25) is 14.5 Å². The molecule has 2 aromatic rings. The minimum absolute atomic E-state index is 0.0464. The highest BCUT2D eigenvalue weighted by atomic mass is 16.5. The van der Waals surface area contributed by atoms with Gasteiger partial charge in [-0.25, -0.2) is 0 Å². The summed E-state index contributed by atoms with van der Waals surface area (Å²) in [6.45, 7) is 5.34. The lowest BCUT2D eigenvalue weighted by Crippen LogP contribution is -2.47. The normalized spacial score (nSPS) is 18.8. The van der Waals surface area contributed by atoms with Gasteiger partial charge in [-0.05, 0) is 37.2 Å². The van der Waals surface area contributed by atoms with Gasteiger partial charge in [-0.1, -0.05) is 24.3 Å². The molecule has 1 amide bonds. The van der Waals surface area contributed by atoms with Gasteiger partial charge in [-0.2, -0.15) is 0 Å². The number of fused-ring (bicyclic) bond motifs is 1. The van der Waals surface area contributed by atoms with Crippen LogP contribution < -0.4 is 19.7 Å². The quantitative estimate of drug-likeness (QED) is 0.690. The van der Waals surface area contributed by atoms with Gasteiger partial charge in [0.2, 0.25) is 0 Å². The van der Waals surface area contributed by atoms with Crippen LogP contribution in [0.4, 0.5) is 5.69 Å². The molecule has 1 saturated heterocycles. The predicted octanol–water partition coefficient (Wildman–Crippen LogP) is 2.36. The molecule has 164 valence electrons. The average Bonchev–Trinajstić information content (AvgIpc) is 2.82. The van der Waals surface area contributed by atoms with Crippen LogP contribution >= 0.6 is 0 Å². The molecule has 4 rings (SSSR count). The Morgan fingerprint density at radius 2 is 1.84 bits per heavy atom. The molecular weight excluding hydrogens is 394 g/mol. The maximum atomic E-state index is 12.4. The number of para-hydroxylation sites is 3. The van der Waals surface area contributed by atoms with E-state index < -0.39 is 6.10 Å². The van der Waals surface area contributed by atoms with Crippen LogP contribution in [0.2, 0.25) is 0 Å². The van der Waals surface area contributed by atoms with Crippen molar-refractivity contribution < 1.29 is 19.1 Å². The Bertz CT molecular complexity index is 925. The van der Waals surface area contributed by atoms with Crippen molar-refractivity contribution in [3.05, 3.63) is 54.1 Å². The van der Waals surface area contributed by atoms with Crippen LogP contribution in [0.3, 0.4) is 0 Å². The minimum Gasteiger partial charge on any atom is -0.495 e. The Balaban J connectivity index is 1.17. The second-order valence-corrected chi connectivity index (χ2v) is 7.88. The fourth-order valence-corrected chi connectivity index (χ4v) is 4.15. The van der Waals surface area contributed by atoms with E-state index in [1.54, 1.807) is 31.4 Å². The molecule has 7 nitrogen and oxygen atoms in total. The molecule has 7 heteroatoms. The summed E-state index contributed by atoms with van der Waals surface area (Å²) in [5.74, 6) is 1.13. The molecule has 31 heavy (non-hydrogen) atoms. The number of hydrogen-bond acceptors (Lipinski definition) is 6. The van der Waals surface area contributed by atoms with E-state index in [2.05, 4.69) is 21.2 Å². The highest BCUT2D eigenvalue weighted by molar-refractivity contribution is 6.03. The zero-order chi connectivity index (χ0) is 21.6. The fraction of sp³-hybridized carbons (Fsp3) is 0.417. The molecular formula is C24H29N3O4. The summed E-state index contributed by atoms with van der Waals surface area (Å²) in [6.07, 6.45) is 0.206. The first-order valence-electron chi connectivity index (χ1n) is 10.8. The largest absolute Gasteiger partial charge is 0.495 e. The first-order valence-corrected chi connectivity index (χ1v) is 10.8. The van der Waals surface area contributed by atoms with Crippen molar-refractivity contribution in [2.45, 2.75) is 18.9 Å². The number of nitrogens with zero attached hydrogens (tertiary/aromatic N) is 2. The summed E-state index contributed by atoms with van der Waals surface area (Å²) in [7, 11) is 1.70. The lowest BCUT2D eigenvalue weighted by Gasteiger charge is -2.36. The second kappa shape index (κ2) is 9.83. The number of rotatable bonds is 7. The first kappa shape index (κ1) is 21.2. The van der Waals surface area contributed by atoms with Gasteiger partial charge in [0, 0.05) is 32.7 Å². The number of piperazine rings is 1. The van der Waals surface area contributed by atoms with Crippen molar-refractivity contribution in [1.82, 2.24) is 10.2 Å². The van der Waals surface area contributed by atoms with Crippen molar-refractivity contribution in [2.75, 3.05) is 51.3 Å². The highest BCUT2D eigenvalue weighted by Crippen LogP contribution is 2.28. The average molecular weight is 424 g/mol. The number of ether oxygens (including phenoxy) is 2. The SMILES string of the molecule is COc1ccccc1N1CCN(CCCNC(=O)C2CC(=O)c3ccccc3O2)CC1. The van der Waals surface area contributed by atoms with Gasteiger partial charge >= 0.3 is 0 Å².